The molecule has 34 heavy (non-hydrogen) atoms. The minimum Gasteiger partial charge on any atom is -0.493 e. The number of methoxy groups -OCH3 is 3. The molecule has 1 aliphatic heterocycles. The number of carbonyl (C=O) groups is 2. The summed E-state index contributed by atoms with van der Waals surface area (Å²) in [6.07, 6.45) is 0.823. The molecule has 2 aromatic carbocycles. The number of carbonyl (C=O) groups excluding carboxylic acids is 2. The average molecular weight is 502 g/mol. The zero-order chi connectivity index (χ0) is 24.6. The molecular formula is C26H25Cl2NO5. The van der Waals surface area contributed by atoms with Gasteiger partial charge in [-0.15, -0.1) is 0 Å². The smallest absolute Gasteiger partial charge is 0.315 e. The van der Waals surface area contributed by atoms with Crippen molar-refractivity contribution in [2.45, 2.75) is 24.7 Å². The number of ketones is 1. The number of benzene rings is 2. The third-order valence-corrected chi connectivity index (χ3v) is 7.32. The van der Waals surface area contributed by atoms with Crippen LogP contribution in [0.4, 0.5) is 0 Å². The molecule has 0 bridgehead atoms. The van der Waals surface area contributed by atoms with Crippen LogP contribution in [0.5, 0.6) is 11.5 Å². The minimum absolute atomic E-state index is 0.0732. The first-order chi connectivity index (χ1) is 16.3. The SMILES string of the molecule is C=C1NC2=C(C(=O)CC(c3ccc(OC)c(OC)c3)C2)C(c2cccc(Cl)c2Cl)C1C(=O)OC. The van der Waals surface area contributed by atoms with Gasteiger partial charge in [0.15, 0.2) is 17.3 Å². The maximum Gasteiger partial charge on any atom is 0.315 e. The van der Waals surface area contributed by atoms with Crippen molar-refractivity contribution in [2.24, 2.45) is 5.92 Å². The molecule has 1 N–H and O–H groups in total. The number of hydrogen-bond acceptors (Lipinski definition) is 6. The second-order valence-corrected chi connectivity index (χ2v) is 9.09. The van der Waals surface area contributed by atoms with Crippen molar-refractivity contribution in [1.82, 2.24) is 5.32 Å². The van der Waals surface area contributed by atoms with Gasteiger partial charge in [0, 0.05) is 29.3 Å². The molecule has 0 aromatic heterocycles. The summed E-state index contributed by atoms with van der Waals surface area (Å²) >= 11 is 12.8. The van der Waals surface area contributed by atoms with Crippen LogP contribution in [0.3, 0.4) is 0 Å². The van der Waals surface area contributed by atoms with Crippen molar-refractivity contribution < 1.29 is 23.8 Å². The quantitative estimate of drug-likeness (QED) is 0.552. The zero-order valence-corrected chi connectivity index (χ0v) is 20.6. The van der Waals surface area contributed by atoms with Crippen LogP contribution in [-0.2, 0) is 14.3 Å². The number of rotatable bonds is 5. The maximum atomic E-state index is 13.6. The Labute approximate surface area is 208 Å². The predicted molar refractivity (Wildman–Crippen MR) is 131 cm³/mol. The summed E-state index contributed by atoms with van der Waals surface area (Å²) in [5.41, 5.74) is 3.24. The van der Waals surface area contributed by atoms with Gasteiger partial charge < -0.3 is 19.5 Å². The van der Waals surface area contributed by atoms with E-state index in [-0.39, 0.29) is 18.1 Å². The van der Waals surface area contributed by atoms with E-state index in [1.54, 1.807) is 32.4 Å². The molecular weight excluding hydrogens is 477 g/mol. The Morgan fingerprint density at radius 2 is 1.79 bits per heavy atom. The summed E-state index contributed by atoms with van der Waals surface area (Å²) in [7, 11) is 4.47. The van der Waals surface area contributed by atoms with Crippen LogP contribution < -0.4 is 14.8 Å². The van der Waals surface area contributed by atoms with Crippen LogP contribution in [0.25, 0.3) is 0 Å². The van der Waals surface area contributed by atoms with E-state index in [4.69, 9.17) is 37.4 Å². The molecule has 0 radical (unpaired) electrons. The van der Waals surface area contributed by atoms with Crippen LogP contribution in [0.1, 0.15) is 35.8 Å². The van der Waals surface area contributed by atoms with Crippen LogP contribution in [0, 0.1) is 5.92 Å². The number of esters is 1. The third kappa shape index (κ3) is 4.17. The monoisotopic (exact) mass is 501 g/mol. The lowest BCUT2D eigenvalue weighted by Gasteiger charge is -2.40. The largest absolute Gasteiger partial charge is 0.493 e. The molecule has 2 aliphatic rings. The van der Waals surface area contributed by atoms with E-state index in [0.717, 1.165) is 11.3 Å². The Hall–Kier alpha value is -2.96. The van der Waals surface area contributed by atoms with Crippen LogP contribution >= 0.6 is 23.2 Å². The molecule has 4 rings (SSSR count). The van der Waals surface area contributed by atoms with E-state index >= 15 is 0 Å². The number of hydrogen-bond donors (Lipinski definition) is 1. The lowest BCUT2D eigenvalue weighted by atomic mass is 9.69. The maximum absolute atomic E-state index is 13.6. The Morgan fingerprint density at radius 3 is 2.47 bits per heavy atom. The zero-order valence-electron chi connectivity index (χ0n) is 19.1. The molecule has 3 atom stereocenters. The lowest BCUT2D eigenvalue weighted by molar-refractivity contribution is -0.144. The van der Waals surface area contributed by atoms with Gasteiger partial charge in [-0.2, -0.15) is 0 Å². The Bertz CT molecular complexity index is 1210. The van der Waals surface area contributed by atoms with E-state index in [1.807, 2.05) is 18.2 Å². The highest BCUT2D eigenvalue weighted by atomic mass is 35.5. The fourth-order valence-corrected chi connectivity index (χ4v) is 5.32. The normalized spacial score (nSPS) is 22.1. The van der Waals surface area contributed by atoms with Gasteiger partial charge in [-0.05, 0) is 41.7 Å². The highest BCUT2D eigenvalue weighted by molar-refractivity contribution is 6.42. The number of Topliss-reactive ketones (excluding diaryl/α,β-unsaturated/α-hetero) is 1. The summed E-state index contributed by atoms with van der Waals surface area (Å²) in [6, 6.07) is 10.9. The Kier molecular flexibility index (Phi) is 6.91. The van der Waals surface area contributed by atoms with Crippen molar-refractivity contribution in [3.05, 3.63) is 81.1 Å². The standard InChI is InChI=1S/C26H25Cl2NO5/c1-13-22(26(31)34-4)23(16-6-5-7-17(27)25(16)28)24-18(29-13)10-15(11-19(24)30)14-8-9-20(32-2)21(12-14)33-3/h5-9,12,15,22-23,29H,1,10-11H2,2-4H3. The van der Waals surface area contributed by atoms with Gasteiger partial charge in [0.25, 0.3) is 0 Å². The van der Waals surface area contributed by atoms with Gasteiger partial charge >= 0.3 is 5.97 Å². The third-order valence-electron chi connectivity index (χ3n) is 6.49. The summed E-state index contributed by atoms with van der Waals surface area (Å²) in [5, 5.41) is 3.88. The molecule has 0 amide bonds. The van der Waals surface area contributed by atoms with Gasteiger partial charge in [-0.3, -0.25) is 9.59 Å². The Balaban J connectivity index is 1.81. The summed E-state index contributed by atoms with van der Waals surface area (Å²) in [6.45, 7) is 4.09. The first-order valence-electron chi connectivity index (χ1n) is 10.8. The van der Waals surface area contributed by atoms with Crippen molar-refractivity contribution in [3.8, 4) is 11.5 Å². The molecule has 3 unspecified atom stereocenters. The van der Waals surface area contributed by atoms with E-state index in [9.17, 15) is 9.59 Å². The van der Waals surface area contributed by atoms with E-state index in [1.165, 1.54) is 7.11 Å². The van der Waals surface area contributed by atoms with Crippen LogP contribution in [0.15, 0.2) is 59.9 Å². The highest BCUT2D eigenvalue weighted by Gasteiger charge is 2.46. The van der Waals surface area contributed by atoms with Crippen LogP contribution in [-0.4, -0.2) is 33.1 Å². The van der Waals surface area contributed by atoms with Crippen molar-refractivity contribution in [3.63, 3.8) is 0 Å². The molecule has 0 spiro atoms. The highest BCUT2D eigenvalue weighted by Crippen LogP contribution is 2.49. The predicted octanol–water partition coefficient (Wildman–Crippen LogP) is 5.40. The van der Waals surface area contributed by atoms with Crippen molar-refractivity contribution in [1.29, 1.82) is 0 Å². The number of nitrogens with one attached hydrogen (secondary N) is 1. The van der Waals surface area contributed by atoms with Gasteiger partial charge in [-0.25, -0.2) is 0 Å². The summed E-state index contributed by atoms with van der Waals surface area (Å²) < 4.78 is 15.8. The van der Waals surface area contributed by atoms with Gasteiger partial charge in [0.1, 0.15) is 5.92 Å². The summed E-state index contributed by atoms with van der Waals surface area (Å²) in [5.74, 6) is -0.911. The summed E-state index contributed by atoms with van der Waals surface area (Å²) in [4.78, 5) is 26.4. The molecule has 6 nitrogen and oxygen atoms in total. The second kappa shape index (κ2) is 9.72. The molecule has 178 valence electrons. The average Bonchev–Trinajstić information content (AvgIpc) is 2.83. The van der Waals surface area contributed by atoms with Gasteiger partial charge in [-0.1, -0.05) is 48.0 Å². The fraction of sp³-hybridized carbons (Fsp3) is 0.308. The van der Waals surface area contributed by atoms with Gasteiger partial charge in [0.05, 0.1) is 31.4 Å². The molecule has 1 heterocycles. The molecule has 2 aromatic rings. The number of ether oxygens (including phenoxy) is 3. The molecule has 0 saturated heterocycles. The van der Waals surface area contributed by atoms with Gasteiger partial charge in [0.2, 0.25) is 0 Å². The van der Waals surface area contributed by atoms with Crippen LogP contribution in [0.2, 0.25) is 10.0 Å². The topological polar surface area (TPSA) is 73.9 Å². The molecule has 1 aliphatic carbocycles. The van der Waals surface area contributed by atoms with E-state index in [2.05, 4.69) is 11.9 Å². The lowest BCUT2D eigenvalue weighted by Crippen LogP contribution is -2.42. The first kappa shape index (κ1) is 24.2. The molecule has 0 fully saturated rings. The second-order valence-electron chi connectivity index (χ2n) is 8.31. The fourth-order valence-electron chi connectivity index (χ4n) is 4.89. The van der Waals surface area contributed by atoms with E-state index in [0.29, 0.717) is 44.8 Å². The minimum atomic E-state index is -0.818. The number of halogens is 2. The van der Waals surface area contributed by atoms with Crippen molar-refractivity contribution >= 4 is 35.0 Å². The first-order valence-corrected chi connectivity index (χ1v) is 11.5. The molecule has 0 saturated carbocycles. The molecule has 8 heteroatoms. The number of allylic oxidation sites excluding steroid dienone is 2. The van der Waals surface area contributed by atoms with E-state index < -0.39 is 17.8 Å². The van der Waals surface area contributed by atoms with Crippen molar-refractivity contribution in [2.75, 3.05) is 21.3 Å². The Morgan fingerprint density at radius 1 is 1.06 bits per heavy atom.